The lowest BCUT2D eigenvalue weighted by Crippen LogP contribution is -2.22. The quantitative estimate of drug-likeness (QED) is 0.444. The Morgan fingerprint density at radius 1 is 1.50 bits per heavy atom. The molecule has 0 aromatic rings. The van der Waals surface area contributed by atoms with Crippen LogP contribution in [0.15, 0.2) is 0 Å². The van der Waals surface area contributed by atoms with Gasteiger partial charge >= 0.3 is 0 Å². The van der Waals surface area contributed by atoms with Gasteiger partial charge in [0.15, 0.2) is 6.10 Å². The summed E-state index contributed by atoms with van der Waals surface area (Å²) in [5, 5.41) is 16.4. The van der Waals surface area contributed by atoms with Crippen LogP contribution in [0.2, 0.25) is 0 Å². The van der Waals surface area contributed by atoms with Gasteiger partial charge in [0.2, 0.25) is 3.79 Å². The van der Waals surface area contributed by atoms with E-state index < -0.39 is 9.90 Å². The number of alkyl halides is 3. The van der Waals surface area contributed by atoms with Gasteiger partial charge in [-0.1, -0.05) is 34.8 Å². The molecule has 1 N–H and O–H groups in total. The average Bonchev–Trinajstić information content (AvgIpc) is 1.62. The summed E-state index contributed by atoms with van der Waals surface area (Å²) < 4.78 is -1.88. The van der Waals surface area contributed by atoms with E-state index in [1.54, 1.807) is 0 Å². The lowest BCUT2D eigenvalue weighted by molar-refractivity contribution is 0.235. The third kappa shape index (κ3) is 2.58. The molecule has 0 saturated heterocycles. The molecular weight excluding hydrogens is 172 g/mol. The van der Waals surface area contributed by atoms with Gasteiger partial charge in [0.25, 0.3) is 0 Å². The molecule has 0 fully saturated rings. The van der Waals surface area contributed by atoms with Crippen LogP contribution in [-0.2, 0) is 0 Å². The summed E-state index contributed by atoms with van der Waals surface area (Å²) in [6.45, 7) is 0. The molecule has 0 aliphatic rings. The van der Waals surface area contributed by atoms with Crippen LogP contribution >= 0.6 is 34.8 Å². The summed E-state index contributed by atoms with van der Waals surface area (Å²) in [7, 11) is 0. The molecule has 0 heterocycles. The Labute approximate surface area is 61.6 Å². The number of aliphatic hydroxyl groups excluding tert-OH is 1. The maximum Gasteiger partial charge on any atom is 0.229 e. The van der Waals surface area contributed by atoms with Crippen LogP contribution in [0.5, 0.6) is 0 Å². The van der Waals surface area contributed by atoms with Crippen molar-refractivity contribution in [1.82, 2.24) is 0 Å². The van der Waals surface area contributed by atoms with Crippen molar-refractivity contribution in [3.8, 4) is 6.07 Å². The van der Waals surface area contributed by atoms with Crippen LogP contribution in [0.1, 0.15) is 0 Å². The van der Waals surface area contributed by atoms with Crippen molar-refractivity contribution in [2.24, 2.45) is 0 Å². The molecule has 1 atom stereocenters. The molecule has 0 saturated carbocycles. The molecule has 46 valence electrons. The number of nitriles is 1. The minimum Gasteiger partial charge on any atom is -0.374 e. The van der Waals surface area contributed by atoms with Gasteiger partial charge in [-0.05, 0) is 0 Å². The topological polar surface area (TPSA) is 44.0 Å². The molecule has 0 spiro atoms. The molecular formula is C3H2Cl3NO. The van der Waals surface area contributed by atoms with Gasteiger partial charge in [-0.3, -0.25) is 0 Å². The summed E-state index contributed by atoms with van der Waals surface area (Å²) in [5.74, 6) is 0. The summed E-state index contributed by atoms with van der Waals surface area (Å²) in [6, 6.07) is 1.36. The lowest BCUT2D eigenvalue weighted by Gasteiger charge is -2.09. The summed E-state index contributed by atoms with van der Waals surface area (Å²) in [5.41, 5.74) is 0. The second-order valence-corrected chi connectivity index (χ2v) is 3.44. The zero-order chi connectivity index (χ0) is 6.78. The third-order valence-corrected chi connectivity index (χ3v) is 1.05. The predicted octanol–water partition coefficient (Wildman–Crippen LogP) is 1.24. The number of hydrogen-bond donors (Lipinski definition) is 1. The Morgan fingerprint density at radius 2 is 1.88 bits per heavy atom. The van der Waals surface area contributed by atoms with Crippen molar-refractivity contribution in [3.63, 3.8) is 0 Å². The van der Waals surface area contributed by atoms with Gasteiger partial charge in [-0.25, -0.2) is 0 Å². The molecule has 0 amide bonds. The fourth-order valence-corrected chi connectivity index (χ4v) is 0.220. The van der Waals surface area contributed by atoms with Crippen LogP contribution in [0.4, 0.5) is 0 Å². The van der Waals surface area contributed by atoms with Crippen LogP contribution in [0.25, 0.3) is 0 Å². The highest BCUT2D eigenvalue weighted by molar-refractivity contribution is 6.68. The molecule has 0 aromatic carbocycles. The molecule has 0 aliphatic heterocycles. The fourth-order valence-electron chi connectivity index (χ4n) is 0.0732. The van der Waals surface area contributed by atoms with E-state index in [1.807, 2.05) is 0 Å². The number of halogens is 3. The van der Waals surface area contributed by atoms with Gasteiger partial charge in [0, 0.05) is 0 Å². The van der Waals surface area contributed by atoms with Crippen molar-refractivity contribution in [3.05, 3.63) is 0 Å². The molecule has 2 nitrogen and oxygen atoms in total. The monoisotopic (exact) mass is 173 g/mol. The second kappa shape index (κ2) is 2.75. The number of hydrogen-bond acceptors (Lipinski definition) is 2. The maximum absolute atomic E-state index is 8.44. The minimum atomic E-state index is -1.88. The first-order valence-electron chi connectivity index (χ1n) is 1.63. The van der Waals surface area contributed by atoms with Crippen molar-refractivity contribution < 1.29 is 5.11 Å². The first-order valence-corrected chi connectivity index (χ1v) is 2.76. The summed E-state index contributed by atoms with van der Waals surface area (Å²) in [6.07, 6.45) is -1.55. The standard InChI is InChI=1S/C3H2Cl3NO/c4-3(5,6)2(8)1-7/h2,8H. The average molecular weight is 174 g/mol. The Bertz CT molecular complexity index is 113. The number of aliphatic hydroxyl groups is 1. The maximum atomic E-state index is 8.44. The Hall–Kier alpha value is 0.320. The molecule has 0 aromatic heterocycles. The van der Waals surface area contributed by atoms with Gasteiger partial charge in [0.05, 0.1) is 6.07 Å². The van der Waals surface area contributed by atoms with Gasteiger partial charge in [-0.2, -0.15) is 5.26 Å². The van der Waals surface area contributed by atoms with Crippen LogP contribution in [0.3, 0.4) is 0 Å². The van der Waals surface area contributed by atoms with Crippen LogP contribution in [-0.4, -0.2) is 15.0 Å². The SMILES string of the molecule is N#CC(O)C(Cl)(Cl)Cl. The van der Waals surface area contributed by atoms with Gasteiger partial charge in [0.1, 0.15) is 0 Å². The number of nitrogens with zero attached hydrogens (tertiary/aromatic N) is 1. The molecule has 8 heavy (non-hydrogen) atoms. The first kappa shape index (κ1) is 8.32. The molecule has 0 rings (SSSR count). The van der Waals surface area contributed by atoms with E-state index in [1.165, 1.54) is 6.07 Å². The Balaban J connectivity index is 3.87. The van der Waals surface area contributed by atoms with Crippen molar-refractivity contribution >= 4 is 34.8 Å². The van der Waals surface area contributed by atoms with Crippen LogP contribution < -0.4 is 0 Å². The Kier molecular flexibility index (Phi) is 2.86. The molecule has 0 radical (unpaired) electrons. The van der Waals surface area contributed by atoms with E-state index in [-0.39, 0.29) is 0 Å². The second-order valence-electron chi connectivity index (χ2n) is 1.07. The lowest BCUT2D eigenvalue weighted by atomic mass is 10.5. The normalized spacial score (nSPS) is 14.9. The highest BCUT2D eigenvalue weighted by atomic mass is 35.6. The fraction of sp³-hybridized carbons (Fsp3) is 0.667. The molecule has 0 bridgehead atoms. The van der Waals surface area contributed by atoms with E-state index in [0.29, 0.717) is 0 Å². The third-order valence-electron chi connectivity index (χ3n) is 0.432. The summed E-state index contributed by atoms with van der Waals surface area (Å²) >= 11 is 15.1. The van der Waals surface area contributed by atoms with E-state index in [0.717, 1.165) is 0 Å². The van der Waals surface area contributed by atoms with Crippen molar-refractivity contribution in [1.29, 1.82) is 5.26 Å². The molecule has 0 aliphatic carbocycles. The van der Waals surface area contributed by atoms with E-state index >= 15 is 0 Å². The van der Waals surface area contributed by atoms with Crippen molar-refractivity contribution in [2.75, 3.05) is 0 Å². The summed E-state index contributed by atoms with van der Waals surface area (Å²) in [4.78, 5) is 0. The molecule has 1 unspecified atom stereocenters. The highest BCUT2D eigenvalue weighted by Gasteiger charge is 2.30. The Morgan fingerprint density at radius 3 is 1.88 bits per heavy atom. The molecule has 5 heteroatoms. The van der Waals surface area contributed by atoms with Crippen LogP contribution in [0, 0.1) is 11.3 Å². The van der Waals surface area contributed by atoms with E-state index in [4.69, 9.17) is 45.2 Å². The van der Waals surface area contributed by atoms with Gasteiger partial charge in [-0.15, -0.1) is 0 Å². The van der Waals surface area contributed by atoms with Crippen molar-refractivity contribution in [2.45, 2.75) is 9.90 Å². The zero-order valence-electron chi connectivity index (χ0n) is 3.61. The zero-order valence-corrected chi connectivity index (χ0v) is 5.87. The first-order chi connectivity index (χ1) is 3.48. The predicted molar refractivity (Wildman–Crippen MR) is 31.9 cm³/mol. The highest BCUT2D eigenvalue weighted by Crippen LogP contribution is 2.29. The van der Waals surface area contributed by atoms with E-state index in [9.17, 15) is 0 Å². The van der Waals surface area contributed by atoms with E-state index in [2.05, 4.69) is 0 Å². The number of rotatable bonds is 0. The largest absolute Gasteiger partial charge is 0.374 e. The smallest absolute Gasteiger partial charge is 0.229 e. The van der Waals surface area contributed by atoms with Gasteiger partial charge < -0.3 is 5.11 Å². The minimum absolute atomic E-state index is 1.36.